The van der Waals surface area contributed by atoms with E-state index >= 15 is 0 Å². The Hall–Kier alpha value is -1.84. The number of benzene rings is 1. The number of carbonyl (C=O) groups is 2. The molecule has 27 heavy (non-hydrogen) atoms. The number of anilines is 2. The van der Waals surface area contributed by atoms with E-state index in [0.29, 0.717) is 17.1 Å². The molecule has 0 spiro atoms. The van der Waals surface area contributed by atoms with Crippen molar-refractivity contribution in [1.29, 1.82) is 0 Å². The van der Waals surface area contributed by atoms with Crippen LogP contribution in [0.1, 0.15) is 16.8 Å². The lowest BCUT2D eigenvalue weighted by Gasteiger charge is -2.26. The summed E-state index contributed by atoms with van der Waals surface area (Å²) in [4.78, 5) is 26.0. The first-order valence-electron chi connectivity index (χ1n) is 8.18. The summed E-state index contributed by atoms with van der Waals surface area (Å²) in [5, 5.41) is 2.11. The standard InChI is InChI=1S/C17H23ClF3N3O3/c1-23(2)8-4-7-22-12-5-6-13(15(18)25)14(11-12)24(9-10-27-3)16(26)17(19,20)21/h5-6,11,22H,4,7-10H2,1-3H3. The predicted octanol–water partition coefficient (Wildman–Crippen LogP) is 2.97. The summed E-state index contributed by atoms with van der Waals surface area (Å²) in [5.41, 5.74) is 0.0685. The van der Waals surface area contributed by atoms with Crippen LogP contribution in [0.3, 0.4) is 0 Å². The molecule has 0 aliphatic carbocycles. The van der Waals surface area contributed by atoms with Crippen LogP contribution < -0.4 is 10.2 Å². The number of methoxy groups -OCH3 is 1. The van der Waals surface area contributed by atoms with Gasteiger partial charge in [-0.25, -0.2) is 0 Å². The van der Waals surface area contributed by atoms with Crippen LogP contribution in [0, 0.1) is 0 Å². The Bertz CT molecular complexity index is 654. The molecule has 0 unspecified atom stereocenters. The van der Waals surface area contributed by atoms with Crippen LogP contribution in [0.2, 0.25) is 0 Å². The minimum atomic E-state index is -5.10. The second kappa shape index (κ2) is 10.5. The zero-order valence-electron chi connectivity index (χ0n) is 15.4. The van der Waals surface area contributed by atoms with Gasteiger partial charge in [0.1, 0.15) is 0 Å². The molecule has 1 amide bonds. The van der Waals surface area contributed by atoms with E-state index in [1.165, 1.54) is 25.3 Å². The second-order valence-electron chi connectivity index (χ2n) is 6.04. The van der Waals surface area contributed by atoms with Crippen molar-refractivity contribution in [3.8, 4) is 0 Å². The molecule has 6 nitrogen and oxygen atoms in total. The number of rotatable bonds is 10. The van der Waals surface area contributed by atoms with Crippen molar-refractivity contribution >= 4 is 34.1 Å². The highest BCUT2D eigenvalue weighted by atomic mass is 35.5. The summed E-state index contributed by atoms with van der Waals surface area (Å²) in [6.45, 7) is 0.871. The molecule has 0 fully saturated rings. The molecule has 0 heterocycles. The number of halogens is 4. The molecule has 1 aromatic rings. The third-order valence-corrected chi connectivity index (χ3v) is 3.82. The van der Waals surface area contributed by atoms with Crippen LogP contribution in [-0.4, -0.2) is 69.7 Å². The largest absolute Gasteiger partial charge is 0.471 e. The minimum Gasteiger partial charge on any atom is -0.385 e. The number of nitrogens with zero attached hydrogens (tertiary/aromatic N) is 2. The lowest BCUT2D eigenvalue weighted by Crippen LogP contribution is -2.43. The van der Waals surface area contributed by atoms with Crippen molar-refractivity contribution in [2.45, 2.75) is 12.6 Å². The zero-order valence-corrected chi connectivity index (χ0v) is 16.2. The van der Waals surface area contributed by atoms with Crippen molar-refractivity contribution < 1.29 is 27.5 Å². The van der Waals surface area contributed by atoms with Gasteiger partial charge in [0.15, 0.2) is 0 Å². The quantitative estimate of drug-likeness (QED) is 0.475. The van der Waals surface area contributed by atoms with E-state index in [9.17, 15) is 22.8 Å². The normalized spacial score (nSPS) is 11.6. The van der Waals surface area contributed by atoms with Crippen LogP contribution in [0.4, 0.5) is 24.5 Å². The number of hydrogen-bond donors (Lipinski definition) is 1. The molecule has 0 bridgehead atoms. The third kappa shape index (κ3) is 7.36. The average Bonchev–Trinajstić information content (AvgIpc) is 2.57. The molecule has 0 atom stereocenters. The number of nitrogens with one attached hydrogen (secondary N) is 1. The molecular formula is C17H23ClF3N3O3. The van der Waals surface area contributed by atoms with Gasteiger partial charge in [-0.1, -0.05) is 0 Å². The Morgan fingerprint density at radius 1 is 1.22 bits per heavy atom. The molecule has 0 aliphatic rings. The van der Waals surface area contributed by atoms with Gasteiger partial charge in [0.25, 0.3) is 5.24 Å². The van der Waals surface area contributed by atoms with Crippen molar-refractivity contribution in [1.82, 2.24) is 4.90 Å². The summed E-state index contributed by atoms with van der Waals surface area (Å²) >= 11 is 5.50. The Morgan fingerprint density at radius 3 is 2.41 bits per heavy atom. The molecule has 1 N–H and O–H groups in total. The van der Waals surface area contributed by atoms with Gasteiger partial charge in [-0.3, -0.25) is 9.59 Å². The smallest absolute Gasteiger partial charge is 0.385 e. The van der Waals surface area contributed by atoms with E-state index in [0.717, 1.165) is 13.0 Å². The molecule has 1 rings (SSSR count). The first-order valence-corrected chi connectivity index (χ1v) is 8.55. The maximum absolute atomic E-state index is 13.0. The van der Waals surface area contributed by atoms with E-state index in [1.54, 1.807) is 0 Å². The van der Waals surface area contributed by atoms with E-state index in [-0.39, 0.29) is 24.4 Å². The SMILES string of the molecule is COCCN(C(=O)C(F)(F)F)c1cc(NCCCN(C)C)ccc1C(=O)Cl. The summed E-state index contributed by atoms with van der Waals surface area (Å²) in [7, 11) is 5.15. The van der Waals surface area contributed by atoms with Crippen molar-refractivity contribution in [3.63, 3.8) is 0 Å². The van der Waals surface area contributed by atoms with Crippen LogP contribution >= 0.6 is 11.6 Å². The highest BCUT2D eigenvalue weighted by Gasteiger charge is 2.43. The van der Waals surface area contributed by atoms with Crippen LogP contribution in [0.5, 0.6) is 0 Å². The van der Waals surface area contributed by atoms with Gasteiger partial charge in [0.2, 0.25) is 0 Å². The van der Waals surface area contributed by atoms with Gasteiger partial charge in [0.05, 0.1) is 17.9 Å². The Morgan fingerprint density at radius 2 is 1.89 bits per heavy atom. The van der Waals surface area contributed by atoms with E-state index in [4.69, 9.17) is 16.3 Å². The molecule has 0 radical (unpaired) electrons. The van der Waals surface area contributed by atoms with Crippen molar-refractivity contribution in [3.05, 3.63) is 23.8 Å². The van der Waals surface area contributed by atoms with Crippen molar-refractivity contribution in [2.24, 2.45) is 0 Å². The number of hydrogen-bond acceptors (Lipinski definition) is 5. The number of alkyl halides is 3. The predicted molar refractivity (Wildman–Crippen MR) is 98.6 cm³/mol. The van der Waals surface area contributed by atoms with E-state index < -0.39 is 17.3 Å². The Labute approximate surface area is 161 Å². The fourth-order valence-electron chi connectivity index (χ4n) is 2.33. The molecule has 10 heteroatoms. The number of amides is 1. The molecule has 0 saturated heterocycles. The van der Waals surface area contributed by atoms with Crippen molar-refractivity contribution in [2.75, 3.05) is 57.7 Å². The molecule has 152 valence electrons. The lowest BCUT2D eigenvalue weighted by molar-refractivity contribution is -0.170. The highest BCUT2D eigenvalue weighted by Crippen LogP contribution is 2.30. The van der Waals surface area contributed by atoms with Gasteiger partial charge in [-0.05, 0) is 56.9 Å². The minimum absolute atomic E-state index is 0.141. The zero-order chi connectivity index (χ0) is 20.6. The van der Waals surface area contributed by atoms with Gasteiger partial charge in [-0.2, -0.15) is 13.2 Å². The second-order valence-corrected chi connectivity index (χ2v) is 6.38. The van der Waals surface area contributed by atoms with Gasteiger partial charge in [0, 0.05) is 25.9 Å². The van der Waals surface area contributed by atoms with E-state index in [1.807, 2.05) is 19.0 Å². The van der Waals surface area contributed by atoms with Crippen LogP contribution in [0.15, 0.2) is 18.2 Å². The van der Waals surface area contributed by atoms with Gasteiger partial charge in [-0.15, -0.1) is 0 Å². The Balaban J connectivity index is 3.18. The Kier molecular flexibility index (Phi) is 9.01. The van der Waals surface area contributed by atoms with E-state index in [2.05, 4.69) is 5.32 Å². The fourth-order valence-corrected chi connectivity index (χ4v) is 2.49. The molecule has 0 saturated carbocycles. The molecule has 0 aliphatic heterocycles. The third-order valence-electron chi connectivity index (χ3n) is 3.62. The summed E-state index contributed by atoms with van der Waals surface area (Å²) < 4.78 is 43.8. The average molecular weight is 410 g/mol. The topological polar surface area (TPSA) is 61.9 Å². The number of carbonyl (C=O) groups excluding carboxylic acids is 2. The fraction of sp³-hybridized carbons (Fsp3) is 0.529. The summed E-state index contributed by atoms with van der Waals surface area (Å²) in [6, 6.07) is 4.13. The molecule has 1 aromatic carbocycles. The first kappa shape index (κ1) is 23.2. The van der Waals surface area contributed by atoms with Crippen LogP contribution in [-0.2, 0) is 9.53 Å². The monoisotopic (exact) mass is 409 g/mol. The summed E-state index contributed by atoms with van der Waals surface area (Å²) in [5.74, 6) is -2.09. The van der Waals surface area contributed by atoms with Gasteiger partial charge < -0.3 is 19.9 Å². The maximum Gasteiger partial charge on any atom is 0.471 e. The first-order chi connectivity index (χ1) is 12.6. The molecule has 0 aromatic heterocycles. The highest BCUT2D eigenvalue weighted by molar-refractivity contribution is 6.68. The number of ether oxygens (including phenoxy) is 1. The molecular weight excluding hydrogens is 387 g/mol. The van der Waals surface area contributed by atoms with Crippen LogP contribution in [0.25, 0.3) is 0 Å². The summed E-state index contributed by atoms with van der Waals surface area (Å²) in [6.07, 6.45) is -4.30. The van der Waals surface area contributed by atoms with Gasteiger partial charge >= 0.3 is 12.1 Å². The maximum atomic E-state index is 13.0. The lowest BCUT2D eigenvalue weighted by atomic mass is 10.1.